The molecule has 0 bridgehead atoms. The van der Waals surface area contributed by atoms with Gasteiger partial charge >= 0.3 is 0 Å². The van der Waals surface area contributed by atoms with Crippen LogP contribution in [0.5, 0.6) is 0 Å². The number of rotatable bonds is 0. The van der Waals surface area contributed by atoms with Crippen LogP contribution in [0.1, 0.15) is 45.4 Å². The Morgan fingerprint density at radius 1 is 1.26 bits per heavy atom. The van der Waals surface area contributed by atoms with E-state index < -0.39 is 0 Å². The fourth-order valence-corrected chi connectivity index (χ4v) is 7.23. The second-order valence-electron chi connectivity index (χ2n) is 7.06. The van der Waals surface area contributed by atoms with Gasteiger partial charge in [0.1, 0.15) is 0 Å². The van der Waals surface area contributed by atoms with Crippen molar-refractivity contribution in [3.63, 3.8) is 0 Å². The van der Waals surface area contributed by atoms with E-state index in [2.05, 4.69) is 21.1 Å². The van der Waals surface area contributed by atoms with Crippen molar-refractivity contribution in [2.75, 3.05) is 0 Å². The van der Waals surface area contributed by atoms with E-state index in [9.17, 15) is 5.11 Å². The average molecular weight is 370 g/mol. The molecule has 1 aliphatic heterocycles. The first-order valence-electron chi connectivity index (χ1n) is 7.73. The zero-order chi connectivity index (χ0) is 13.0. The maximum absolute atomic E-state index is 10.4. The van der Waals surface area contributed by atoms with Crippen LogP contribution in [0.2, 0.25) is 0 Å². The van der Waals surface area contributed by atoms with E-state index in [0.717, 1.165) is 24.2 Å². The minimum absolute atomic E-state index is 0.0341. The van der Waals surface area contributed by atoms with Gasteiger partial charge < -0.3 is 5.11 Å². The fraction of sp³-hybridized carbons (Fsp3) is 0.706. The number of hydrogen-bond acceptors (Lipinski definition) is 1. The Bertz CT molecular complexity index is 489. The van der Waals surface area contributed by atoms with Crippen molar-refractivity contribution in [2.45, 2.75) is 51.6 Å². The Morgan fingerprint density at radius 3 is 3.05 bits per heavy atom. The van der Waals surface area contributed by atoms with Gasteiger partial charge in [-0.1, -0.05) is 33.7 Å². The summed E-state index contributed by atoms with van der Waals surface area (Å²) in [5, 5.41) is 10.4. The van der Waals surface area contributed by atoms with Crippen molar-refractivity contribution in [3.05, 3.63) is 21.3 Å². The van der Waals surface area contributed by atoms with Crippen LogP contribution in [0, 0.1) is 23.2 Å². The molecule has 5 atom stereocenters. The second-order valence-corrected chi connectivity index (χ2v) is 9.12. The molecule has 2 saturated carbocycles. The quantitative estimate of drug-likeness (QED) is 0.635. The van der Waals surface area contributed by atoms with Gasteiger partial charge in [-0.05, 0) is 80.9 Å². The fourth-order valence-electron chi connectivity index (χ4n) is 5.32. The van der Waals surface area contributed by atoms with Gasteiger partial charge in [-0.2, -0.15) is 0 Å². The summed E-state index contributed by atoms with van der Waals surface area (Å²) in [4.78, 5) is 0. The number of aliphatic hydroxyl groups is 1. The Morgan fingerprint density at radius 2 is 2.16 bits per heavy atom. The third kappa shape index (κ3) is 1.78. The van der Waals surface area contributed by atoms with Gasteiger partial charge in [-0.3, -0.25) is 0 Å². The van der Waals surface area contributed by atoms with Crippen LogP contribution in [0.4, 0.5) is 0 Å². The van der Waals surface area contributed by atoms with E-state index in [1.165, 1.54) is 32.1 Å². The van der Waals surface area contributed by atoms with E-state index in [0.29, 0.717) is 0 Å². The summed E-state index contributed by atoms with van der Waals surface area (Å²) in [5.74, 6) is 2.44. The Kier molecular flexibility index (Phi) is 3.04. The topological polar surface area (TPSA) is 20.2 Å². The van der Waals surface area contributed by atoms with E-state index in [-0.39, 0.29) is 32.2 Å². The molecule has 4 aliphatic rings. The van der Waals surface area contributed by atoms with Crippen molar-refractivity contribution in [1.82, 2.24) is 0 Å². The van der Waals surface area contributed by atoms with Gasteiger partial charge in [0.15, 0.2) is 0 Å². The molecule has 0 aromatic heterocycles. The lowest BCUT2D eigenvalue weighted by Gasteiger charge is -2.50. The zero-order valence-electron chi connectivity index (χ0n) is 11.6. The van der Waals surface area contributed by atoms with Gasteiger partial charge in [0, 0.05) is 0 Å². The summed E-state index contributed by atoms with van der Waals surface area (Å²) in [6.07, 6.45) is 9.98. The lowest BCUT2D eigenvalue weighted by molar-refractivity contribution is -0.0294. The van der Waals surface area contributed by atoms with Crippen LogP contribution in [0.15, 0.2) is 21.3 Å². The highest BCUT2D eigenvalue weighted by Crippen LogP contribution is 2.60. The molecular weight excluding hydrogens is 347 g/mol. The third-order valence-electron chi connectivity index (χ3n) is 6.41. The van der Waals surface area contributed by atoms with Crippen LogP contribution in [0.25, 0.3) is 0 Å². The molecule has 3 aliphatic carbocycles. The molecule has 0 amide bonds. The molecule has 0 unspecified atom stereocenters. The largest absolute Gasteiger partial charge is 0.393 e. The Hall–Kier alpha value is 0.0400. The maximum atomic E-state index is 10.4. The molecule has 104 valence electrons. The summed E-state index contributed by atoms with van der Waals surface area (Å²) in [6.45, 7) is 2.36. The van der Waals surface area contributed by atoms with Gasteiger partial charge in [0.05, 0.1) is 6.10 Å². The molecule has 0 spiro atoms. The van der Waals surface area contributed by atoms with Crippen LogP contribution < -0.4 is 0 Å². The Labute approximate surface area is 125 Å². The molecule has 0 radical (unpaired) electrons. The van der Waals surface area contributed by atoms with Crippen molar-refractivity contribution in [2.24, 2.45) is 23.2 Å². The summed E-state index contributed by atoms with van der Waals surface area (Å²) < 4.78 is 5.00. The second kappa shape index (κ2) is 4.52. The molecule has 4 rings (SSSR count). The predicted octanol–water partition coefficient (Wildman–Crippen LogP) is 4.18. The monoisotopic (exact) mass is 370 g/mol. The van der Waals surface area contributed by atoms with Gasteiger partial charge in [0.2, 0.25) is 0 Å². The summed E-state index contributed by atoms with van der Waals surface area (Å²) in [5.41, 5.74) is 3.61. The zero-order valence-corrected chi connectivity index (χ0v) is 13.8. The van der Waals surface area contributed by atoms with E-state index >= 15 is 0 Å². The van der Waals surface area contributed by atoms with Gasteiger partial charge in [-0.25, -0.2) is 0 Å². The molecule has 0 saturated heterocycles. The van der Waals surface area contributed by atoms with E-state index in [1.807, 2.05) is 0 Å². The lowest BCUT2D eigenvalue weighted by atomic mass is 9.55. The maximum Gasteiger partial charge on any atom is 0.0596 e. The summed E-state index contributed by atoms with van der Waals surface area (Å²) >= 11 is 0.210. The molecule has 19 heavy (non-hydrogen) atoms. The first-order valence-corrected chi connectivity index (χ1v) is 10.2. The SMILES string of the molecule is C[C@]12CC[C@@H]3C4=C(C=IC=C4)CC[C@H]3[C@@H]1CC[C@@H]2O. The molecule has 2 heteroatoms. The molecule has 0 aromatic rings. The summed E-state index contributed by atoms with van der Waals surface area (Å²) in [7, 11) is 0. The molecule has 1 N–H and O–H groups in total. The normalized spacial score (nSPS) is 48.3. The van der Waals surface area contributed by atoms with Crippen molar-refractivity contribution in [3.8, 4) is 0 Å². The highest BCUT2D eigenvalue weighted by atomic mass is 127. The van der Waals surface area contributed by atoms with E-state index in [4.69, 9.17) is 0 Å². The average Bonchev–Trinajstić information content (AvgIpc) is 2.75. The number of allylic oxidation sites excluding steroid dienone is 3. The standard InChI is InChI=1S/C17H23IO/c1-17-8-6-13-12-7-9-18-10-11(12)2-3-14(13)15(17)4-5-16(17)19/h7,9-10,13-16,19H,2-6,8H2,1H3/t13-,14-,15+,16+,17+/m1/s1. The number of hydrogen-bond donors (Lipinski definition) is 1. The minimum Gasteiger partial charge on any atom is -0.393 e. The number of halogens is 1. The van der Waals surface area contributed by atoms with Gasteiger partial charge in [-0.15, -0.1) is 0 Å². The Balaban J connectivity index is 1.70. The van der Waals surface area contributed by atoms with E-state index in [1.54, 1.807) is 11.1 Å². The molecule has 1 heterocycles. The third-order valence-corrected chi connectivity index (χ3v) is 8.30. The van der Waals surface area contributed by atoms with Crippen LogP contribution in [-0.2, 0) is 0 Å². The predicted molar refractivity (Wildman–Crippen MR) is 88.5 cm³/mol. The number of aliphatic hydroxyl groups excluding tert-OH is 1. The lowest BCUT2D eigenvalue weighted by Crippen LogP contribution is -2.44. The van der Waals surface area contributed by atoms with Crippen LogP contribution in [-0.4, -0.2) is 15.2 Å². The molecule has 0 aromatic carbocycles. The van der Waals surface area contributed by atoms with Crippen molar-refractivity contribution < 1.29 is 5.11 Å². The first kappa shape index (κ1) is 12.8. The van der Waals surface area contributed by atoms with Crippen LogP contribution >= 0.6 is 20.7 Å². The van der Waals surface area contributed by atoms with Gasteiger partial charge in [0.25, 0.3) is 0 Å². The molecular formula is C17H23IO. The van der Waals surface area contributed by atoms with Crippen LogP contribution in [0.3, 0.4) is 0 Å². The van der Waals surface area contributed by atoms with Crippen molar-refractivity contribution >= 4 is 24.7 Å². The molecule has 1 nitrogen and oxygen atoms in total. The highest BCUT2D eigenvalue weighted by molar-refractivity contribution is 14.2. The minimum atomic E-state index is -0.0341. The molecule has 2 fully saturated rings. The first-order chi connectivity index (χ1) is 9.20. The van der Waals surface area contributed by atoms with Crippen molar-refractivity contribution in [1.29, 1.82) is 0 Å². The summed E-state index contributed by atoms with van der Waals surface area (Å²) in [6, 6.07) is 0. The smallest absolute Gasteiger partial charge is 0.0596 e. The highest BCUT2D eigenvalue weighted by Gasteiger charge is 2.54. The number of fused-ring (bicyclic) bond motifs is 4.